The maximum absolute atomic E-state index is 13.2. The van der Waals surface area contributed by atoms with Gasteiger partial charge in [0.25, 0.3) is 0 Å². The van der Waals surface area contributed by atoms with Crippen molar-refractivity contribution in [1.82, 2.24) is 10.2 Å². The number of carbonyl (C=O) groups excluding carboxylic acids is 1. The van der Waals surface area contributed by atoms with Crippen molar-refractivity contribution in [3.63, 3.8) is 0 Å². The molecule has 8 heteroatoms. The summed E-state index contributed by atoms with van der Waals surface area (Å²) in [6.45, 7) is 3.06. The van der Waals surface area contributed by atoms with Gasteiger partial charge in [0.15, 0.2) is 9.84 Å². The summed E-state index contributed by atoms with van der Waals surface area (Å²) < 4.78 is 41.7. The minimum Gasteiger partial charge on any atom is -0.379 e. The molecule has 2 heterocycles. The first-order valence-electron chi connectivity index (χ1n) is 8.50. The maximum atomic E-state index is 13.2. The van der Waals surface area contributed by atoms with Crippen LogP contribution in [0.1, 0.15) is 18.0 Å². The van der Waals surface area contributed by atoms with E-state index < -0.39 is 15.8 Å². The van der Waals surface area contributed by atoms with Crippen LogP contribution in [0.25, 0.3) is 0 Å². The third-order valence-corrected chi connectivity index (χ3v) is 6.58. The van der Waals surface area contributed by atoms with Crippen molar-refractivity contribution < 1.29 is 22.3 Å². The molecule has 138 valence electrons. The Hall–Kier alpha value is -1.51. The third-order valence-electron chi connectivity index (χ3n) is 4.81. The van der Waals surface area contributed by atoms with Crippen molar-refractivity contribution in [3.05, 3.63) is 35.6 Å². The summed E-state index contributed by atoms with van der Waals surface area (Å²) >= 11 is 0. The number of nitrogens with zero attached hydrogens (tertiary/aromatic N) is 1. The number of hydrogen-bond donors (Lipinski definition) is 1. The fourth-order valence-electron chi connectivity index (χ4n) is 3.38. The molecule has 0 bridgehead atoms. The van der Waals surface area contributed by atoms with E-state index in [-0.39, 0.29) is 29.3 Å². The Morgan fingerprint density at radius 1 is 1.28 bits per heavy atom. The van der Waals surface area contributed by atoms with Gasteiger partial charge in [-0.05, 0) is 24.1 Å². The van der Waals surface area contributed by atoms with Crippen LogP contribution in [-0.4, -0.2) is 63.6 Å². The van der Waals surface area contributed by atoms with Gasteiger partial charge in [-0.3, -0.25) is 9.69 Å². The minimum atomic E-state index is -3.09. The lowest BCUT2D eigenvalue weighted by Gasteiger charge is -2.35. The van der Waals surface area contributed by atoms with E-state index in [2.05, 4.69) is 10.2 Å². The van der Waals surface area contributed by atoms with Crippen molar-refractivity contribution >= 4 is 15.7 Å². The lowest BCUT2D eigenvalue weighted by atomic mass is 10.0. The van der Waals surface area contributed by atoms with Crippen molar-refractivity contribution in [2.45, 2.75) is 12.5 Å². The summed E-state index contributed by atoms with van der Waals surface area (Å²) in [4.78, 5) is 14.5. The van der Waals surface area contributed by atoms with E-state index in [0.717, 1.165) is 18.7 Å². The van der Waals surface area contributed by atoms with Gasteiger partial charge < -0.3 is 10.1 Å². The Balaban J connectivity index is 1.67. The van der Waals surface area contributed by atoms with Crippen LogP contribution in [0.5, 0.6) is 0 Å². The number of morpholine rings is 1. The summed E-state index contributed by atoms with van der Waals surface area (Å²) in [7, 11) is -3.09. The van der Waals surface area contributed by atoms with Gasteiger partial charge >= 0.3 is 0 Å². The van der Waals surface area contributed by atoms with Gasteiger partial charge in [0.2, 0.25) is 5.91 Å². The number of hydrogen-bond acceptors (Lipinski definition) is 5. The van der Waals surface area contributed by atoms with Crippen LogP contribution in [0.4, 0.5) is 4.39 Å². The largest absolute Gasteiger partial charge is 0.379 e. The summed E-state index contributed by atoms with van der Waals surface area (Å²) in [5.41, 5.74) is 0.919. The van der Waals surface area contributed by atoms with Crippen molar-refractivity contribution in [3.8, 4) is 0 Å². The summed E-state index contributed by atoms with van der Waals surface area (Å²) in [6.07, 6.45) is 0.382. The first kappa shape index (κ1) is 18.3. The number of sulfone groups is 1. The number of nitrogens with one attached hydrogen (secondary N) is 1. The quantitative estimate of drug-likeness (QED) is 0.828. The molecule has 0 spiro atoms. The number of halogens is 1. The van der Waals surface area contributed by atoms with Crippen LogP contribution in [0.2, 0.25) is 0 Å². The molecule has 0 aromatic heterocycles. The van der Waals surface area contributed by atoms with Crippen LogP contribution >= 0.6 is 0 Å². The van der Waals surface area contributed by atoms with E-state index in [4.69, 9.17) is 4.74 Å². The molecule has 6 nitrogen and oxygen atoms in total. The highest BCUT2D eigenvalue weighted by Gasteiger charge is 2.33. The molecule has 1 aromatic rings. The second kappa shape index (κ2) is 7.80. The van der Waals surface area contributed by atoms with E-state index in [1.807, 2.05) is 0 Å². The van der Waals surface area contributed by atoms with E-state index in [9.17, 15) is 17.6 Å². The second-order valence-electron chi connectivity index (χ2n) is 6.56. The number of ether oxygens (including phenoxy) is 1. The predicted molar refractivity (Wildman–Crippen MR) is 91.3 cm³/mol. The number of benzene rings is 1. The van der Waals surface area contributed by atoms with Crippen LogP contribution in [0, 0.1) is 11.7 Å². The molecular weight excluding hydrogens is 347 g/mol. The Morgan fingerprint density at radius 3 is 2.56 bits per heavy atom. The Labute approximate surface area is 147 Å². The fourth-order valence-corrected chi connectivity index (χ4v) is 5.12. The zero-order chi connectivity index (χ0) is 17.9. The third kappa shape index (κ3) is 4.77. The second-order valence-corrected chi connectivity index (χ2v) is 8.79. The van der Waals surface area contributed by atoms with Crippen molar-refractivity contribution in [1.29, 1.82) is 0 Å². The molecule has 2 fully saturated rings. The first-order valence-corrected chi connectivity index (χ1v) is 10.3. The molecular formula is C17H23FN2O4S. The standard InChI is InChI=1S/C17H23FN2O4S/c18-15-3-1-13(2-4-15)16(20-6-8-24-9-7-20)11-19-17(21)14-5-10-25(22,23)12-14/h1-4,14,16H,5-12H2,(H,19,21)/t14-,16+/m0/s1. The van der Waals surface area contributed by atoms with Gasteiger partial charge in [-0.25, -0.2) is 12.8 Å². The Kier molecular flexibility index (Phi) is 5.71. The normalized spacial score (nSPS) is 24.8. The molecule has 0 unspecified atom stereocenters. The summed E-state index contributed by atoms with van der Waals surface area (Å²) in [5.74, 6) is -0.984. The van der Waals surface area contributed by atoms with Gasteiger partial charge in [0, 0.05) is 19.6 Å². The van der Waals surface area contributed by atoms with Crippen LogP contribution in [0.3, 0.4) is 0 Å². The van der Waals surface area contributed by atoms with Gasteiger partial charge in [-0.1, -0.05) is 12.1 Å². The van der Waals surface area contributed by atoms with Gasteiger partial charge in [-0.2, -0.15) is 0 Å². The van der Waals surface area contributed by atoms with E-state index in [0.29, 0.717) is 26.2 Å². The Bertz CT molecular complexity index is 702. The predicted octanol–water partition coefficient (Wildman–Crippen LogP) is 0.750. The molecule has 25 heavy (non-hydrogen) atoms. The minimum absolute atomic E-state index is 0.0718. The van der Waals surface area contributed by atoms with Crippen molar-refractivity contribution in [2.75, 3.05) is 44.4 Å². The molecule has 2 aliphatic rings. The highest BCUT2D eigenvalue weighted by molar-refractivity contribution is 7.91. The summed E-state index contributed by atoms with van der Waals surface area (Å²) in [5, 5.41) is 2.89. The van der Waals surface area contributed by atoms with Crippen LogP contribution in [0.15, 0.2) is 24.3 Å². The average Bonchev–Trinajstić information content (AvgIpc) is 2.97. The number of amides is 1. The highest BCUT2D eigenvalue weighted by Crippen LogP contribution is 2.23. The lowest BCUT2D eigenvalue weighted by Crippen LogP contribution is -2.44. The van der Waals surface area contributed by atoms with Crippen LogP contribution in [-0.2, 0) is 19.4 Å². The molecule has 0 radical (unpaired) electrons. The molecule has 2 saturated heterocycles. The topological polar surface area (TPSA) is 75.7 Å². The highest BCUT2D eigenvalue weighted by atomic mass is 32.2. The molecule has 2 aliphatic heterocycles. The molecule has 0 aliphatic carbocycles. The van der Waals surface area contributed by atoms with Crippen molar-refractivity contribution in [2.24, 2.45) is 5.92 Å². The Morgan fingerprint density at radius 2 is 1.96 bits per heavy atom. The SMILES string of the molecule is O=C(NC[C@H](c1ccc(F)cc1)N1CCOCC1)[C@H]1CCS(=O)(=O)C1. The van der Waals surface area contributed by atoms with Gasteiger partial charge in [0.05, 0.1) is 36.7 Å². The zero-order valence-corrected chi connectivity index (χ0v) is 14.8. The molecule has 0 saturated carbocycles. The molecule has 3 rings (SSSR count). The van der Waals surface area contributed by atoms with E-state index >= 15 is 0 Å². The molecule has 2 atom stereocenters. The van der Waals surface area contributed by atoms with E-state index in [1.165, 1.54) is 12.1 Å². The van der Waals surface area contributed by atoms with E-state index in [1.54, 1.807) is 12.1 Å². The monoisotopic (exact) mass is 370 g/mol. The fraction of sp³-hybridized carbons (Fsp3) is 0.588. The molecule has 1 amide bonds. The molecule has 1 aromatic carbocycles. The van der Waals surface area contributed by atoms with Gasteiger partial charge in [-0.15, -0.1) is 0 Å². The first-order chi connectivity index (χ1) is 11.9. The maximum Gasteiger partial charge on any atom is 0.224 e. The summed E-state index contributed by atoms with van der Waals surface area (Å²) in [6, 6.07) is 6.18. The molecule has 1 N–H and O–H groups in total. The van der Waals surface area contributed by atoms with Gasteiger partial charge in [0.1, 0.15) is 5.82 Å². The average molecular weight is 370 g/mol. The lowest BCUT2D eigenvalue weighted by molar-refractivity contribution is -0.124. The zero-order valence-electron chi connectivity index (χ0n) is 14.0. The smallest absolute Gasteiger partial charge is 0.224 e. The van der Waals surface area contributed by atoms with Crippen LogP contribution < -0.4 is 5.32 Å². The number of rotatable bonds is 5. The number of carbonyl (C=O) groups is 1.